The number of carboxylic acid groups (broad SMARTS) is 4. The number of benzene rings is 1. The van der Waals surface area contributed by atoms with Crippen LogP contribution >= 0.6 is 0 Å². The topological polar surface area (TPSA) is 784 Å². The van der Waals surface area contributed by atoms with E-state index in [0.717, 1.165) is 37.5 Å². The van der Waals surface area contributed by atoms with E-state index in [-0.39, 0.29) is 76.5 Å². The summed E-state index contributed by atoms with van der Waals surface area (Å²) in [5, 5.41) is 101. The summed E-state index contributed by atoms with van der Waals surface area (Å²) < 4.78 is 0. The molecule has 682 valence electrons. The average Bonchev–Trinajstić information content (AvgIpc) is 1.67. The lowest BCUT2D eigenvalue weighted by Crippen LogP contribution is -2.61. The fraction of sp³-hybridized carbons (Fsp3) is 0.573. The molecule has 16 amide bonds. The molecule has 0 bridgehead atoms. The third kappa shape index (κ3) is 31.5. The Morgan fingerprint density at radius 3 is 1.53 bits per heavy atom. The predicted molar refractivity (Wildman–Crippen MR) is 430 cm³/mol. The molecule has 2 fully saturated rings. The number of amides is 16. The monoisotopic (exact) mass is 1750 g/mol. The smallest absolute Gasteiger partial charge is 0.326 e. The van der Waals surface area contributed by atoms with Crippen molar-refractivity contribution in [3.8, 4) is 0 Å². The van der Waals surface area contributed by atoms with Crippen LogP contribution in [-0.4, -0.2) is 309 Å². The van der Waals surface area contributed by atoms with E-state index in [1.807, 2.05) is 0 Å². The highest BCUT2D eigenvalue weighted by molar-refractivity contribution is 6.02. The van der Waals surface area contributed by atoms with Gasteiger partial charge >= 0.3 is 23.9 Å². The van der Waals surface area contributed by atoms with Crippen LogP contribution in [0.15, 0.2) is 43.0 Å². The second-order valence-electron chi connectivity index (χ2n) is 30.3. The molecule has 3 aromatic rings. The summed E-state index contributed by atoms with van der Waals surface area (Å²) in [4.78, 5) is 281. The van der Waals surface area contributed by atoms with Crippen LogP contribution in [0, 0.1) is 11.3 Å². The van der Waals surface area contributed by atoms with E-state index < -0.39 is 273 Å². The van der Waals surface area contributed by atoms with Crippen molar-refractivity contribution in [1.82, 2.24) is 99.2 Å². The fourth-order valence-corrected chi connectivity index (χ4v) is 13.1. The number of aliphatic hydroxyl groups is 2. The van der Waals surface area contributed by atoms with Gasteiger partial charge in [0.15, 0.2) is 5.96 Å². The van der Waals surface area contributed by atoms with Gasteiger partial charge in [0.1, 0.15) is 84.6 Å². The van der Waals surface area contributed by atoms with Gasteiger partial charge in [-0.25, -0.2) is 9.78 Å². The molecule has 4 heterocycles. The van der Waals surface area contributed by atoms with Crippen LogP contribution in [0.2, 0.25) is 0 Å². The maximum Gasteiger partial charge on any atom is 0.326 e. The molecule has 2 aliphatic heterocycles. The minimum atomic E-state index is -2.15. The Morgan fingerprint density at radius 1 is 0.500 bits per heavy atom. The van der Waals surface area contributed by atoms with E-state index in [1.165, 1.54) is 25.6 Å². The van der Waals surface area contributed by atoms with Crippen LogP contribution in [0.5, 0.6) is 0 Å². The molecular weight excluding hydrogens is 1640 g/mol. The van der Waals surface area contributed by atoms with Crippen molar-refractivity contribution < 1.29 is 127 Å². The SMILES string of the molecule is CC(C)[C@H](N)C(=O)N[C@H](C(=O)NCC(=O)N[C@H](C(=O)N1CCC[C@H]1C(=O)N[C@@H](C)C(=O)N[C@@H](CC(N)=O)C(=O)N[C@@H](CC(=O)O)C(=O)N[C@@H](Cc1c[nH]c2ccccc12)C(=O)N[C@@H](C)C(=O)N[C@@H](C)C(=O)N[C@@H](CCC(=O)O)C(=O)N[C@@H](CCC(=O)O)C(=O)N1CCC[C@H]1C(=O)N[C@@H](Cc1cnc[nH]1)C(=O)N[C@@H](CCCNC(=N)N)C(=O)O)[C@@H](C)O)[C@@H](C)O. The summed E-state index contributed by atoms with van der Waals surface area (Å²) in [7, 11) is 0. The number of H-pyrrole nitrogens is 2. The van der Waals surface area contributed by atoms with Crippen LogP contribution in [0.1, 0.15) is 137 Å². The molecule has 29 N–H and O–H groups in total. The molecule has 0 saturated carbocycles. The van der Waals surface area contributed by atoms with Gasteiger partial charge in [0, 0.05) is 74.3 Å². The van der Waals surface area contributed by atoms with E-state index in [0.29, 0.717) is 22.2 Å². The van der Waals surface area contributed by atoms with Crippen LogP contribution in [-0.2, 0) is 109 Å². The zero-order valence-electron chi connectivity index (χ0n) is 69.1. The Bertz CT molecular complexity index is 4390. The molecular formula is C75H111N23O26. The first-order valence-corrected chi connectivity index (χ1v) is 39.7. The normalized spacial score (nSPS) is 17.2. The largest absolute Gasteiger partial charge is 0.481 e. The lowest BCUT2D eigenvalue weighted by molar-refractivity contribution is -0.144. The molecule has 0 unspecified atom stereocenters. The van der Waals surface area contributed by atoms with Gasteiger partial charge < -0.3 is 142 Å². The number of carbonyl (C=O) groups excluding carboxylic acids is 16. The third-order valence-corrected chi connectivity index (χ3v) is 20.0. The van der Waals surface area contributed by atoms with Gasteiger partial charge in [0.25, 0.3) is 0 Å². The van der Waals surface area contributed by atoms with Crippen LogP contribution in [0.3, 0.4) is 0 Å². The number of fused-ring (bicyclic) bond motifs is 1. The summed E-state index contributed by atoms with van der Waals surface area (Å²) in [5.74, 6) is -24.3. The van der Waals surface area contributed by atoms with Gasteiger partial charge in [-0.1, -0.05) is 32.0 Å². The van der Waals surface area contributed by atoms with Crippen molar-refractivity contribution in [3.63, 3.8) is 0 Å². The first kappa shape index (κ1) is 101. The van der Waals surface area contributed by atoms with Gasteiger partial charge in [-0.2, -0.15) is 0 Å². The fourth-order valence-electron chi connectivity index (χ4n) is 13.1. The molecule has 2 saturated heterocycles. The number of carbonyl (C=O) groups is 20. The standard InChI is InChI=1S/C75H111N23O26/c1-33(2)57(77)70(119)96-58(37(6)99)71(120)83-31-53(102)95-59(38(7)100)73(122)98-24-12-16-50(98)68(117)87-36(5)62(111)91-48(27-52(76)101)66(115)93-49(28-56(107)108)67(116)92-46(25-39-29-82-42-14-9-8-13-41(39)42)64(113)86-34(3)60(109)85-35(4)61(110)88-43(18-20-54(103)104)63(112)89-44(19-21-55(105)106)72(121)97-23-11-17-51(97)69(118)94-47(26-40-30-80-32-84-40)65(114)90-45(74(123)124)15-10-22-81-75(78)79/h8-9,13-14,29-30,32-38,43-51,57-59,82,99-100H,10-12,15-28,31,77H2,1-7H3,(H2,76,101)(H,80,84)(H,83,120)(H,85,109)(H,86,113)(H,87,117)(H,88,110)(H,89,112)(H,90,114)(H,91,111)(H,92,116)(H,93,115)(H,94,118)(H,95,102)(H,96,119)(H,103,104)(H,105,106)(H,107,108)(H,123,124)(H4,78,79,81)/t34-,35-,36-,37+,38+,43-,44-,45-,46-,47-,48-,49-,50-,51-,57-,58-,59-/m0/s1. The van der Waals surface area contributed by atoms with E-state index in [9.17, 15) is 127 Å². The van der Waals surface area contributed by atoms with Crippen molar-refractivity contribution in [2.45, 2.75) is 241 Å². The summed E-state index contributed by atoms with van der Waals surface area (Å²) in [6, 6.07) is -18.0. The quantitative estimate of drug-likeness (QED) is 0.0142. The zero-order valence-corrected chi connectivity index (χ0v) is 69.1. The third-order valence-electron chi connectivity index (χ3n) is 20.0. The number of para-hydroxylation sites is 1. The summed E-state index contributed by atoms with van der Waals surface area (Å²) in [5.41, 5.74) is 17.8. The molecule has 0 aliphatic carbocycles. The van der Waals surface area contributed by atoms with Gasteiger partial charge in [-0.15, -0.1) is 0 Å². The Morgan fingerprint density at radius 2 is 0.984 bits per heavy atom. The van der Waals surface area contributed by atoms with Crippen molar-refractivity contribution in [3.05, 3.63) is 54.2 Å². The lowest BCUT2D eigenvalue weighted by Gasteiger charge is -2.31. The molecule has 2 aliphatic rings. The zero-order chi connectivity index (χ0) is 92.7. The van der Waals surface area contributed by atoms with E-state index in [4.69, 9.17) is 22.6 Å². The Balaban J connectivity index is 1.27. The highest BCUT2D eigenvalue weighted by Crippen LogP contribution is 2.24. The molecule has 5 rings (SSSR count). The van der Waals surface area contributed by atoms with Crippen molar-refractivity contribution in [2.75, 3.05) is 26.2 Å². The maximum absolute atomic E-state index is 14.5. The van der Waals surface area contributed by atoms with Gasteiger partial charge in [-0.3, -0.25) is 96.5 Å². The number of nitrogens with one attached hydrogen (secondary N) is 17. The van der Waals surface area contributed by atoms with Crippen molar-refractivity contribution in [2.24, 2.45) is 23.1 Å². The number of aromatic amines is 2. The molecule has 0 spiro atoms. The minimum absolute atomic E-state index is 0.0215. The number of aromatic nitrogens is 3. The number of aliphatic carboxylic acids is 4. The molecule has 17 atom stereocenters. The lowest BCUT2D eigenvalue weighted by atomic mass is 10.0. The Kier molecular flexibility index (Phi) is 39.3. The molecule has 0 radical (unpaired) electrons. The molecule has 49 nitrogen and oxygen atoms in total. The van der Waals surface area contributed by atoms with Crippen LogP contribution < -0.4 is 91.6 Å². The summed E-state index contributed by atoms with van der Waals surface area (Å²) in [6.07, 6.45) is -4.55. The number of nitrogens with zero attached hydrogens (tertiary/aromatic N) is 3. The molecule has 49 heteroatoms. The number of imidazole rings is 1. The van der Waals surface area contributed by atoms with Gasteiger partial charge in [0.2, 0.25) is 94.5 Å². The van der Waals surface area contributed by atoms with E-state index in [2.05, 4.69) is 89.4 Å². The van der Waals surface area contributed by atoms with Gasteiger partial charge in [-0.05, 0) is 104 Å². The van der Waals surface area contributed by atoms with Crippen molar-refractivity contribution >= 4 is 135 Å². The number of rotatable bonds is 50. The summed E-state index contributed by atoms with van der Waals surface area (Å²) >= 11 is 0. The number of nitrogens with two attached hydrogens (primary N) is 3. The predicted octanol–water partition coefficient (Wildman–Crippen LogP) is -9.18. The van der Waals surface area contributed by atoms with E-state index in [1.54, 1.807) is 38.1 Å². The van der Waals surface area contributed by atoms with Crippen LogP contribution in [0.25, 0.3) is 10.9 Å². The minimum Gasteiger partial charge on any atom is -0.481 e. The highest BCUT2D eigenvalue weighted by atomic mass is 16.4. The highest BCUT2D eigenvalue weighted by Gasteiger charge is 2.44. The number of likely N-dealkylation sites (tertiary alicyclic amines) is 2. The number of guanidine groups is 1. The number of carboxylic acids is 4. The number of primary amides is 1. The van der Waals surface area contributed by atoms with E-state index >= 15 is 0 Å². The summed E-state index contributed by atoms with van der Waals surface area (Å²) in [6.45, 7) is 7.98. The second kappa shape index (κ2) is 48.2. The Labute approximate surface area is 708 Å². The molecule has 1 aromatic carbocycles. The second-order valence-corrected chi connectivity index (χ2v) is 30.3. The Hall–Kier alpha value is -13.5. The van der Waals surface area contributed by atoms with Crippen molar-refractivity contribution in [1.29, 1.82) is 5.41 Å². The maximum atomic E-state index is 14.5. The number of hydrogen-bond acceptors (Lipinski definition) is 25. The average molecular weight is 1750 g/mol. The van der Waals surface area contributed by atoms with Gasteiger partial charge in [0.05, 0.1) is 44.0 Å². The molecule has 124 heavy (non-hydrogen) atoms. The first-order valence-electron chi connectivity index (χ1n) is 39.7. The number of aliphatic hydroxyl groups excluding tert-OH is 2. The first-order chi connectivity index (χ1) is 58.3. The number of hydrogen-bond donors (Lipinski definition) is 26. The molecule has 2 aromatic heterocycles. The van der Waals surface area contributed by atoms with Crippen LogP contribution in [0.4, 0.5) is 0 Å².